The van der Waals surface area contributed by atoms with E-state index in [-0.39, 0.29) is 12.7 Å². The van der Waals surface area contributed by atoms with Crippen molar-refractivity contribution in [2.75, 3.05) is 6.61 Å². The molecule has 4 nitrogen and oxygen atoms in total. The van der Waals surface area contributed by atoms with E-state index in [9.17, 15) is 4.79 Å². The van der Waals surface area contributed by atoms with Crippen LogP contribution in [0.1, 0.15) is 32.6 Å². The molecular formula is C9H17NO3. The summed E-state index contributed by atoms with van der Waals surface area (Å²) in [6.07, 6.45) is 4.66. The normalized spacial score (nSPS) is 22.9. The largest absolute Gasteiger partial charge is 0.480 e. The average Bonchev–Trinajstić information content (AvgIpc) is 2.52. The van der Waals surface area contributed by atoms with Gasteiger partial charge in [0.2, 0.25) is 0 Å². The molecule has 0 bridgehead atoms. The van der Waals surface area contributed by atoms with Crippen LogP contribution in [0.15, 0.2) is 0 Å². The fourth-order valence-corrected chi connectivity index (χ4v) is 1.41. The highest BCUT2D eigenvalue weighted by Gasteiger charge is 2.30. The first-order valence-corrected chi connectivity index (χ1v) is 4.66. The predicted octanol–water partition coefficient (Wildman–Crippen LogP) is 0.748. The number of nitrogens with two attached hydrogens (primary N) is 1. The van der Waals surface area contributed by atoms with Gasteiger partial charge in [-0.15, -0.1) is 0 Å². The number of rotatable bonds is 4. The zero-order valence-electron chi connectivity index (χ0n) is 7.95. The third-order valence-electron chi connectivity index (χ3n) is 2.41. The quantitative estimate of drug-likeness (QED) is 0.681. The zero-order valence-corrected chi connectivity index (χ0v) is 7.95. The molecule has 1 unspecified atom stereocenters. The number of hydrogen-bond donors (Lipinski definition) is 2. The van der Waals surface area contributed by atoms with Crippen molar-refractivity contribution in [1.82, 2.24) is 0 Å². The summed E-state index contributed by atoms with van der Waals surface area (Å²) in [6, 6.07) is 0. The highest BCUT2D eigenvalue weighted by molar-refractivity contribution is 5.77. The van der Waals surface area contributed by atoms with Gasteiger partial charge in [0.25, 0.3) is 0 Å². The number of aliphatic carboxylic acids is 1. The Kier molecular flexibility index (Phi) is 3.27. The summed E-state index contributed by atoms with van der Waals surface area (Å²) in [5, 5.41) is 8.71. The number of carbonyl (C=O) groups is 1. The van der Waals surface area contributed by atoms with Crippen LogP contribution in [-0.4, -0.2) is 29.3 Å². The smallest absolute Gasteiger partial charge is 0.325 e. The Morgan fingerprint density at radius 2 is 2.15 bits per heavy atom. The second-order valence-corrected chi connectivity index (χ2v) is 3.94. The van der Waals surface area contributed by atoms with Crippen LogP contribution in [0.5, 0.6) is 0 Å². The summed E-state index contributed by atoms with van der Waals surface area (Å²) in [4.78, 5) is 10.6. The Labute approximate surface area is 78.1 Å². The minimum absolute atomic E-state index is 0.104. The van der Waals surface area contributed by atoms with Gasteiger partial charge in [-0.25, -0.2) is 0 Å². The standard InChI is InChI=1S/C9H17NO3/c1-9(10,8(11)12)6-13-7-4-2-3-5-7/h7H,2-6,10H2,1H3,(H,11,12). The topological polar surface area (TPSA) is 72.5 Å². The predicted molar refractivity (Wildman–Crippen MR) is 48.4 cm³/mol. The highest BCUT2D eigenvalue weighted by atomic mass is 16.5. The van der Waals surface area contributed by atoms with Crippen molar-refractivity contribution in [3.05, 3.63) is 0 Å². The molecule has 0 aromatic carbocycles. The molecule has 1 rings (SSSR count). The molecule has 1 aliphatic rings. The highest BCUT2D eigenvalue weighted by Crippen LogP contribution is 2.21. The van der Waals surface area contributed by atoms with Crippen molar-refractivity contribution in [3.8, 4) is 0 Å². The minimum atomic E-state index is -1.25. The van der Waals surface area contributed by atoms with Crippen LogP contribution in [0.3, 0.4) is 0 Å². The zero-order chi connectivity index (χ0) is 9.90. The van der Waals surface area contributed by atoms with E-state index >= 15 is 0 Å². The summed E-state index contributed by atoms with van der Waals surface area (Å²) < 4.78 is 5.42. The molecule has 0 spiro atoms. The van der Waals surface area contributed by atoms with E-state index in [1.807, 2.05) is 0 Å². The van der Waals surface area contributed by atoms with Gasteiger partial charge in [0.05, 0.1) is 12.7 Å². The van der Waals surface area contributed by atoms with Crippen LogP contribution in [0.2, 0.25) is 0 Å². The molecule has 0 aliphatic heterocycles. The maximum absolute atomic E-state index is 10.6. The van der Waals surface area contributed by atoms with Crippen LogP contribution in [0.25, 0.3) is 0 Å². The number of ether oxygens (including phenoxy) is 1. The molecule has 0 heterocycles. The molecule has 1 saturated carbocycles. The summed E-state index contributed by atoms with van der Waals surface area (Å²) >= 11 is 0. The summed E-state index contributed by atoms with van der Waals surface area (Å²) in [5.74, 6) is -1.01. The molecule has 1 aliphatic carbocycles. The molecule has 13 heavy (non-hydrogen) atoms. The SMILES string of the molecule is CC(N)(COC1CCCC1)C(=O)O. The van der Waals surface area contributed by atoms with E-state index in [4.69, 9.17) is 15.6 Å². The van der Waals surface area contributed by atoms with E-state index in [0.29, 0.717) is 0 Å². The lowest BCUT2D eigenvalue weighted by atomic mass is 10.1. The van der Waals surface area contributed by atoms with E-state index in [1.165, 1.54) is 19.8 Å². The monoisotopic (exact) mass is 187 g/mol. The fourth-order valence-electron chi connectivity index (χ4n) is 1.41. The summed E-state index contributed by atoms with van der Waals surface area (Å²) in [6.45, 7) is 1.58. The van der Waals surface area contributed by atoms with Crippen molar-refractivity contribution in [2.24, 2.45) is 5.73 Å². The maximum Gasteiger partial charge on any atom is 0.325 e. The lowest BCUT2D eigenvalue weighted by molar-refractivity contribution is -0.145. The van der Waals surface area contributed by atoms with Gasteiger partial charge in [-0.2, -0.15) is 0 Å². The maximum atomic E-state index is 10.6. The molecule has 0 aromatic rings. The Hall–Kier alpha value is -0.610. The molecule has 0 amide bonds. The van der Waals surface area contributed by atoms with E-state index in [0.717, 1.165) is 12.8 Å². The van der Waals surface area contributed by atoms with E-state index in [2.05, 4.69) is 0 Å². The van der Waals surface area contributed by atoms with Crippen molar-refractivity contribution in [1.29, 1.82) is 0 Å². The van der Waals surface area contributed by atoms with E-state index < -0.39 is 11.5 Å². The van der Waals surface area contributed by atoms with Gasteiger partial charge in [-0.05, 0) is 19.8 Å². The van der Waals surface area contributed by atoms with Crippen LogP contribution in [0.4, 0.5) is 0 Å². The number of carboxylic acid groups (broad SMARTS) is 1. The van der Waals surface area contributed by atoms with Gasteiger partial charge in [0, 0.05) is 0 Å². The molecule has 1 atom stereocenters. The van der Waals surface area contributed by atoms with Gasteiger partial charge in [-0.3, -0.25) is 4.79 Å². The molecule has 4 heteroatoms. The molecule has 0 aromatic heterocycles. The van der Waals surface area contributed by atoms with Crippen LogP contribution in [-0.2, 0) is 9.53 Å². The Bertz CT molecular complexity index is 185. The van der Waals surface area contributed by atoms with Gasteiger partial charge < -0.3 is 15.6 Å². The van der Waals surface area contributed by atoms with Crippen LogP contribution < -0.4 is 5.73 Å². The fraction of sp³-hybridized carbons (Fsp3) is 0.889. The number of carboxylic acids is 1. The lowest BCUT2D eigenvalue weighted by Gasteiger charge is -2.21. The molecule has 0 radical (unpaired) electrons. The van der Waals surface area contributed by atoms with Crippen LogP contribution >= 0.6 is 0 Å². The van der Waals surface area contributed by atoms with Crippen molar-refractivity contribution >= 4 is 5.97 Å². The molecule has 0 saturated heterocycles. The van der Waals surface area contributed by atoms with Gasteiger partial charge in [0.15, 0.2) is 0 Å². The first-order valence-electron chi connectivity index (χ1n) is 4.66. The van der Waals surface area contributed by atoms with Gasteiger partial charge >= 0.3 is 5.97 Å². The third kappa shape index (κ3) is 2.97. The lowest BCUT2D eigenvalue weighted by Crippen LogP contribution is -2.49. The molecular weight excluding hydrogens is 170 g/mol. The second kappa shape index (κ2) is 4.07. The Morgan fingerprint density at radius 1 is 1.62 bits per heavy atom. The summed E-state index contributed by atoms with van der Waals surface area (Å²) in [7, 11) is 0. The summed E-state index contributed by atoms with van der Waals surface area (Å²) in [5.41, 5.74) is 4.27. The van der Waals surface area contributed by atoms with Crippen molar-refractivity contribution < 1.29 is 14.6 Å². The Balaban J connectivity index is 2.28. The first kappa shape index (κ1) is 10.5. The van der Waals surface area contributed by atoms with Crippen molar-refractivity contribution in [2.45, 2.75) is 44.2 Å². The molecule has 3 N–H and O–H groups in total. The first-order chi connectivity index (χ1) is 6.02. The second-order valence-electron chi connectivity index (χ2n) is 3.94. The van der Waals surface area contributed by atoms with Gasteiger partial charge in [-0.1, -0.05) is 12.8 Å². The average molecular weight is 187 g/mol. The Morgan fingerprint density at radius 3 is 2.62 bits per heavy atom. The van der Waals surface area contributed by atoms with Crippen LogP contribution in [0, 0.1) is 0 Å². The van der Waals surface area contributed by atoms with Gasteiger partial charge in [0.1, 0.15) is 5.54 Å². The minimum Gasteiger partial charge on any atom is -0.480 e. The third-order valence-corrected chi connectivity index (χ3v) is 2.41. The van der Waals surface area contributed by atoms with E-state index in [1.54, 1.807) is 0 Å². The van der Waals surface area contributed by atoms with Crippen molar-refractivity contribution in [3.63, 3.8) is 0 Å². The molecule has 76 valence electrons. The molecule has 1 fully saturated rings. The number of hydrogen-bond acceptors (Lipinski definition) is 3.